The van der Waals surface area contributed by atoms with Gasteiger partial charge in [0.1, 0.15) is 6.10 Å². The Bertz CT molecular complexity index is 389. The Labute approximate surface area is 170 Å². The summed E-state index contributed by atoms with van der Waals surface area (Å²) in [5.74, 6) is 0. The molecule has 7 N–H and O–H groups in total. The van der Waals surface area contributed by atoms with Gasteiger partial charge >= 0.3 is 0 Å². The summed E-state index contributed by atoms with van der Waals surface area (Å²) in [6, 6.07) is 0. The molecule has 0 rings (SSSR count). The van der Waals surface area contributed by atoms with Crippen molar-refractivity contribution in [1.82, 2.24) is 0 Å². The van der Waals surface area contributed by atoms with Crippen molar-refractivity contribution >= 4 is 5.71 Å². The van der Waals surface area contributed by atoms with Crippen molar-refractivity contribution in [3.05, 3.63) is 0 Å². The Kier molecular flexibility index (Phi) is 16.7. The van der Waals surface area contributed by atoms with Gasteiger partial charge in [0.15, 0.2) is 0 Å². The molecule has 7 nitrogen and oxygen atoms in total. The van der Waals surface area contributed by atoms with Gasteiger partial charge in [0.2, 0.25) is 0 Å². The number of nitrogens with two attached hydrogens (primary N) is 1. The van der Waals surface area contributed by atoms with Gasteiger partial charge in [0, 0.05) is 0 Å². The van der Waals surface area contributed by atoms with E-state index in [4.69, 9.17) is 21.2 Å². The van der Waals surface area contributed by atoms with E-state index >= 15 is 0 Å². The largest absolute Gasteiger partial charge is 0.411 e. The van der Waals surface area contributed by atoms with Gasteiger partial charge in [-0.1, -0.05) is 69.9 Å². The summed E-state index contributed by atoms with van der Waals surface area (Å²) in [7, 11) is 0. The smallest absolute Gasteiger partial charge is 0.102 e. The maximum atomic E-state index is 9.97. The van der Waals surface area contributed by atoms with Crippen LogP contribution in [0.2, 0.25) is 0 Å². The highest BCUT2D eigenvalue weighted by Crippen LogP contribution is 2.17. The average molecular weight is 405 g/mol. The van der Waals surface area contributed by atoms with E-state index < -0.39 is 31.0 Å². The molecule has 0 aromatic heterocycles. The first-order valence-electron chi connectivity index (χ1n) is 11.0. The highest BCUT2D eigenvalue weighted by atomic mass is 16.4. The van der Waals surface area contributed by atoms with E-state index in [-0.39, 0.29) is 0 Å². The number of hydrogen-bond donors (Lipinski definition) is 6. The van der Waals surface area contributed by atoms with Crippen molar-refractivity contribution in [3.63, 3.8) is 0 Å². The molecule has 0 aromatic carbocycles. The van der Waals surface area contributed by atoms with E-state index in [0.717, 1.165) is 69.9 Å². The molecule has 7 heteroatoms. The minimum Gasteiger partial charge on any atom is -0.411 e. The topological polar surface area (TPSA) is 140 Å². The summed E-state index contributed by atoms with van der Waals surface area (Å²) in [6.07, 6.45) is 11.8. The highest BCUT2D eigenvalue weighted by molar-refractivity contribution is 5.83. The molecule has 2 atom stereocenters. The number of aliphatic hydroxyl groups excluding tert-OH is 4. The molecule has 2 unspecified atom stereocenters. The average Bonchev–Trinajstić information content (AvgIpc) is 2.72. The minimum absolute atomic E-state index is 0.397. The number of rotatable bonds is 19. The Morgan fingerprint density at radius 3 is 1.75 bits per heavy atom. The molecule has 28 heavy (non-hydrogen) atoms. The summed E-state index contributed by atoms with van der Waals surface area (Å²) in [6.45, 7) is 1.03. The summed E-state index contributed by atoms with van der Waals surface area (Å²) in [4.78, 5) is 0. The second-order valence-corrected chi connectivity index (χ2v) is 8.05. The molecule has 0 bridgehead atoms. The highest BCUT2D eigenvalue weighted by Gasteiger charge is 2.37. The van der Waals surface area contributed by atoms with Crippen molar-refractivity contribution in [2.24, 2.45) is 10.9 Å². The molecule has 0 aliphatic heterocycles. The number of hydrogen-bond acceptors (Lipinski definition) is 7. The number of oxime groups is 1. The van der Waals surface area contributed by atoms with Gasteiger partial charge in [0.05, 0.1) is 30.6 Å². The van der Waals surface area contributed by atoms with Gasteiger partial charge in [-0.05, 0) is 32.1 Å². The first-order valence-corrected chi connectivity index (χ1v) is 11.0. The zero-order valence-corrected chi connectivity index (χ0v) is 17.7. The zero-order chi connectivity index (χ0) is 21.3. The maximum absolute atomic E-state index is 9.97. The second-order valence-electron chi connectivity index (χ2n) is 8.05. The van der Waals surface area contributed by atoms with E-state index in [1.807, 2.05) is 0 Å². The van der Waals surface area contributed by atoms with Crippen LogP contribution in [0, 0.1) is 0 Å². The molecule has 0 fully saturated rings. The Hall–Kier alpha value is -0.730. The lowest BCUT2D eigenvalue weighted by Gasteiger charge is -2.33. The van der Waals surface area contributed by atoms with Crippen LogP contribution in [0.15, 0.2) is 5.16 Å². The molecule has 0 heterocycles. The fraction of sp³-hybridized carbons (Fsp3) is 0.952. The first-order chi connectivity index (χ1) is 13.4. The van der Waals surface area contributed by atoms with Crippen LogP contribution in [0.1, 0.15) is 96.8 Å². The SMILES string of the molecule is CCCCCCC(CCCCCCCCCC(O)C(O)C(N)(CO)CO)=NO. The molecular formula is C21H44N2O5. The number of unbranched alkanes of at least 4 members (excludes halogenated alkanes) is 9. The molecule has 0 aliphatic carbocycles. The number of aliphatic hydroxyl groups is 4. The quantitative estimate of drug-likeness (QED) is 0.0846. The van der Waals surface area contributed by atoms with E-state index in [0.29, 0.717) is 6.42 Å². The van der Waals surface area contributed by atoms with Crippen LogP contribution in [-0.4, -0.2) is 62.3 Å². The van der Waals surface area contributed by atoms with Gasteiger partial charge < -0.3 is 31.4 Å². The van der Waals surface area contributed by atoms with Gasteiger partial charge in [-0.2, -0.15) is 0 Å². The lowest BCUT2D eigenvalue weighted by molar-refractivity contribution is -0.0660. The normalized spacial score (nSPS) is 15.0. The van der Waals surface area contributed by atoms with Crippen LogP contribution < -0.4 is 5.73 Å². The van der Waals surface area contributed by atoms with Gasteiger partial charge in [-0.3, -0.25) is 0 Å². The fourth-order valence-corrected chi connectivity index (χ4v) is 3.33. The van der Waals surface area contributed by atoms with Crippen LogP contribution in [0.3, 0.4) is 0 Å². The molecule has 0 aromatic rings. The Balaban J connectivity index is 3.66. The van der Waals surface area contributed by atoms with Crippen LogP contribution in [-0.2, 0) is 0 Å². The summed E-state index contributed by atoms with van der Waals surface area (Å²) < 4.78 is 0. The summed E-state index contributed by atoms with van der Waals surface area (Å²) >= 11 is 0. The van der Waals surface area contributed by atoms with E-state index in [1.54, 1.807) is 0 Å². The molecule has 168 valence electrons. The fourth-order valence-electron chi connectivity index (χ4n) is 3.33. The Morgan fingerprint density at radius 1 is 0.821 bits per heavy atom. The predicted octanol–water partition coefficient (Wildman–Crippen LogP) is 2.70. The molecule has 0 saturated carbocycles. The molecular weight excluding hydrogens is 360 g/mol. The molecule has 0 radical (unpaired) electrons. The summed E-state index contributed by atoms with van der Waals surface area (Å²) in [5.41, 5.74) is 5.04. The monoisotopic (exact) mass is 404 g/mol. The Morgan fingerprint density at radius 2 is 1.29 bits per heavy atom. The van der Waals surface area contributed by atoms with Crippen molar-refractivity contribution in [3.8, 4) is 0 Å². The van der Waals surface area contributed by atoms with Gasteiger partial charge in [0.25, 0.3) is 0 Å². The zero-order valence-electron chi connectivity index (χ0n) is 17.7. The van der Waals surface area contributed by atoms with Crippen molar-refractivity contribution in [2.75, 3.05) is 13.2 Å². The van der Waals surface area contributed by atoms with Crippen molar-refractivity contribution in [2.45, 2.75) is 115 Å². The summed E-state index contributed by atoms with van der Waals surface area (Å²) in [5, 5.41) is 50.7. The third-order valence-electron chi connectivity index (χ3n) is 5.47. The number of nitrogens with zero attached hydrogens (tertiary/aromatic N) is 1. The van der Waals surface area contributed by atoms with Gasteiger partial charge in [-0.15, -0.1) is 0 Å². The third kappa shape index (κ3) is 12.0. The van der Waals surface area contributed by atoms with E-state index in [9.17, 15) is 10.2 Å². The lowest BCUT2D eigenvalue weighted by Crippen LogP contribution is -2.61. The second kappa shape index (κ2) is 17.2. The van der Waals surface area contributed by atoms with Crippen LogP contribution in [0.25, 0.3) is 0 Å². The van der Waals surface area contributed by atoms with Crippen molar-refractivity contribution < 1.29 is 25.6 Å². The molecule has 0 spiro atoms. The van der Waals surface area contributed by atoms with Crippen molar-refractivity contribution in [1.29, 1.82) is 0 Å². The molecule has 0 amide bonds. The van der Waals surface area contributed by atoms with Crippen LogP contribution in [0.4, 0.5) is 0 Å². The van der Waals surface area contributed by atoms with E-state index in [1.165, 1.54) is 19.3 Å². The third-order valence-corrected chi connectivity index (χ3v) is 5.47. The minimum atomic E-state index is -1.56. The van der Waals surface area contributed by atoms with Gasteiger partial charge in [-0.25, -0.2) is 0 Å². The molecule has 0 aliphatic rings. The lowest BCUT2D eigenvalue weighted by atomic mass is 9.89. The van der Waals surface area contributed by atoms with Crippen LogP contribution in [0.5, 0.6) is 0 Å². The predicted molar refractivity (Wildman–Crippen MR) is 113 cm³/mol. The standard InChI is InChI=1S/C21H44N2O5/c1-2-3-4-10-13-18(23-28)14-11-8-6-5-7-9-12-15-19(26)20(27)21(22,16-24)17-25/h19-20,24-28H,2-17,22H2,1H3. The molecule has 0 saturated heterocycles. The maximum Gasteiger partial charge on any atom is 0.102 e. The first kappa shape index (κ1) is 27.3. The van der Waals surface area contributed by atoms with Crippen LogP contribution >= 0.6 is 0 Å². The van der Waals surface area contributed by atoms with E-state index in [2.05, 4.69) is 12.1 Å².